The third kappa shape index (κ3) is 8.25. The van der Waals surface area contributed by atoms with E-state index < -0.39 is 0 Å². The van der Waals surface area contributed by atoms with Gasteiger partial charge >= 0.3 is 0 Å². The van der Waals surface area contributed by atoms with Crippen LogP contribution in [-0.2, 0) is 10.8 Å². The van der Waals surface area contributed by atoms with Crippen LogP contribution >= 0.6 is 0 Å². The minimum absolute atomic E-state index is 0.322. The standard InChI is InChI=1S/C72H50N8/c1-71(2)58-27-7-11-31-62(58)79(63-32-12-8-28-59(63)71)66-43-51(49-22-17-25-54(41-49)74-5)35-37-56(66)69-76-68(53-24-16-21-48(40-53)47-20-15-19-46(39-47)45-73)77-70(78-69)57-38-36-52(50-23-18-26-55(42-50)75-6)44-67(57)80-64-33-13-9-29-60(64)72(3,4)61-30-10-14-34-65(61)80/h7-44H,1-4H3. The summed E-state index contributed by atoms with van der Waals surface area (Å²) in [6.07, 6.45) is 0. The van der Waals surface area contributed by atoms with E-state index in [0.29, 0.717) is 34.4 Å². The van der Waals surface area contributed by atoms with E-state index in [1.54, 1.807) is 0 Å². The number of aromatic nitrogens is 3. The van der Waals surface area contributed by atoms with Crippen LogP contribution < -0.4 is 9.80 Å². The lowest BCUT2D eigenvalue weighted by Crippen LogP contribution is -2.30. The van der Waals surface area contributed by atoms with Crippen molar-refractivity contribution in [3.05, 3.63) is 281 Å². The van der Waals surface area contributed by atoms with Crippen molar-refractivity contribution in [1.29, 1.82) is 5.26 Å². The van der Waals surface area contributed by atoms with Crippen molar-refractivity contribution in [2.75, 3.05) is 9.80 Å². The molecule has 1 aromatic heterocycles. The molecule has 8 nitrogen and oxygen atoms in total. The second-order valence-corrected chi connectivity index (χ2v) is 21.4. The molecule has 3 heterocycles. The summed E-state index contributed by atoms with van der Waals surface area (Å²) in [5.41, 5.74) is 19.4. The predicted molar refractivity (Wildman–Crippen MR) is 323 cm³/mol. The van der Waals surface area contributed by atoms with Gasteiger partial charge in [0.15, 0.2) is 28.8 Å². The van der Waals surface area contributed by atoms with Crippen LogP contribution in [0, 0.1) is 24.5 Å². The van der Waals surface area contributed by atoms with Crippen LogP contribution in [0.15, 0.2) is 231 Å². The van der Waals surface area contributed by atoms with Gasteiger partial charge in [0.1, 0.15) is 0 Å². The Morgan fingerprint density at radius 1 is 0.350 bits per heavy atom. The van der Waals surface area contributed by atoms with Gasteiger partial charge < -0.3 is 9.80 Å². The highest BCUT2D eigenvalue weighted by Gasteiger charge is 2.39. The molecule has 378 valence electrons. The number of nitrogens with zero attached hydrogens (tertiary/aromatic N) is 8. The molecule has 8 heteroatoms. The van der Waals surface area contributed by atoms with E-state index in [9.17, 15) is 5.26 Å². The molecule has 0 saturated heterocycles. The van der Waals surface area contributed by atoms with Gasteiger partial charge in [-0.25, -0.2) is 24.6 Å². The SMILES string of the molecule is [C-]#[N+]c1cccc(-c2ccc(-c3nc(-c4cccc(-c5cccc(C#N)c5)c4)nc(-c4ccc(-c5cccc([N+]#[C-])c5)cc4N4c5ccccc5C(C)(C)c5ccccc54)n3)c(N3c4ccccc4C(C)(C)c4ccccc43)c2)c1. The Morgan fingerprint density at radius 3 is 1.12 bits per heavy atom. The van der Waals surface area contributed by atoms with Crippen LogP contribution in [0.2, 0.25) is 0 Å². The fourth-order valence-electron chi connectivity index (χ4n) is 11.9. The molecule has 0 atom stereocenters. The lowest BCUT2D eigenvalue weighted by molar-refractivity contribution is 0.632. The van der Waals surface area contributed by atoms with Crippen LogP contribution in [0.3, 0.4) is 0 Å². The first-order chi connectivity index (χ1) is 39.0. The first kappa shape index (κ1) is 48.9. The second kappa shape index (κ2) is 19.4. The quantitative estimate of drug-likeness (QED) is 0.141. The van der Waals surface area contributed by atoms with Crippen LogP contribution in [-0.4, -0.2) is 15.0 Å². The molecule has 0 fully saturated rings. The second-order valence-electron chi connectivity index (χ2n) is 21.4. The first-order valence-electron chi connectivity index (χ1n) is 26.6. The molecule has 0 radical (unpaired) electrons. The van der Waals surface area contributed by atoms with Crippen molar-refractivity contribution >= 4 is 45.5 Å². The molecule has 0 amide bonds. The molecular formula is C72H50N8. The maximum atomic E-state index is 9.92. The van der Waals surface area contributed by atoms with Gasteiger partial charge in [0, 0.05) is 27.5 Å². The van der Waals surface area contributed by atoms with E-state index in [4.69, 9.17) is 28.1 Å². The maximum Gasteiger partial charge on any atom is 0.187 e. The van der Waals surface area contributed by atoms with E-state index in [1.807, 2.05) is 91.0 Å². The molecule has 0 N–H and O–H groups in total. The minimum atomic E-state index is -0.322. The number of anilines is 6. The fourth-order valence-corrected chi connectivity index (χ4v) is 11.9. The van der Waals surface area contributed by atoms with Crippen LogP contribution in [0.5, 0.6) is 0 Å². The van der Waals surface area contributed by atoms with E-state index in [1.165, 1.54) is 22.3 Å². The Bertz CT molecular complexity index is 4120. The number of benzene rings is 10. The summed E-state index contributed by atoms with van der Waals surface area (Å²) in [5.74, 6) is 1.38. The number of hydrogen-bond donors (Lipinski definition) is 0. The third-order valence-electron chi connectivity index (χ3n) is 15.9. The molecule has 2 aliphatic rings. The van der Waals surface area contributed by atoms with Gasteiger partial charge in [-0.2, -0.15) is 5.26 Å². The molecule has 11 aromatic rings. The van der Waals surface area contributed by atoms with Gasteiger partial charge in [-0.3, -0.25) is 0 Å². The Kier molecular flexibility index (Phi) is 11.8. The largest absolute Gasteiger partial charge is 0.309 e. The van der Waals surface area contributed by atoms with E-state index in [2.05, 4.69) is 193 Å². The van der Waals surface area contributed by atoms with E-state index in [0.717, 1.165) is 84.2 Å². The van der Waals surface area contributed by atoms with E-state index >= 15 is 0 Å². The summed E-state index contributed by atoms with van der Waals surface area (Å²) in [7, 11) is 0. The molecule has 0 spiro atoms. The number of hydrogen-bond acceptors (Lipinski definition) is 6. The van der Waals surface area contributed by atoms with Crippen molar-refractivity contribution < 1.29 is 0 Å². The Labute approximate surface area is 466 Å². The summed E-state index contributed by atoms with van der Waals surface area (Å²) in [6.45, 7) is 25.0. The highest BCUT2D eigenvalue weighted by Crippen LogP contribution is 2.56. The summed E-state index contributed by atoms with van der Waals surface area (Å²) < 4.78 is 0. The number of nitriles is 1. The Balaban J connectivity index is 1.12. The molecule has 10 aromatic carbocycles. The van der Waals surface area contributed by atoms with Gasteiger partial charge in [-0.05, 0) is 134 Å². The van der Waals surface area contributed by atoms with Crippen LogP contribution in [0.4, 0.5) is 45.5 Å². The van der Waals surface area contributed by atoms with Crippen LogP contribution in [0.25, 0.3) is 77.2 Å². The van der Waals surface area contributed by atoms with Gasteiger partial charge in [0.25, 0.3) is 0 Å². The van der Waals surface area contributed by atoms with Crippen molar-refractivity contribution in [1.82, 2.24) is 15.0 Å². The molecule has 13 rings (SSSR count). The zero-order valence-electron chi connectivity index (χ0n) is 44.5. The third-order valence-corrected chi connectivity index (χ3v) is 15.9. The summed E-state index contributed by atoms with van der Waals surface area (Å²) >= 11 is 0. The van der Waals surface area contributed by atoms with Crippen molar-refractivity contribution in [2.45, 2.75) is 38.5 Å². The average Bonchev–Trinajstić information content (AvgIpc) is 3.55. The number of rotatable bonds is 8. The maximum absolute atomic E-state index is 9.92. The molecule has 2 aliphatic heterocycles. The zero-order chi connectivity index (χ0) is 54.7. The van der Waals surface area contributed by atoms with Gasteiger partial charge in [-0.1, -0.05) is 179 Å². The lowest BCUT2D eigenvalue weighted by atomic mass is 9.73. The van der Waals surface area contributed by atoms with Gasteiger partial charge in [0.05, 0.1) is 58.9 Å². The topological polar surface area (TPSA) is 77.7 Å². The first-order valence-corrected chi connectivity index (χ1v) is 26.6. The van der Waals surface area contributed by atoms with Gasteiger partial charge in [-0.15, -0.1) is 0 Å². The van der Waals surface area contributed by atoms with Crippen molar-refractivity contribution in [2.24, 2.45) is 0 Å². The highest BCUT2D eigenvalue weighted by molar-refractivity contribution is 5.96. The smallest absolute Gasteiger partial charge is 0.187 e. The van der Waals surface area contributed by atoms with E-state index in [-0.39, 0.29) is 10.8 Å². The molecule has 0 aliphatic carbocycles. The fraction of sp³-hybridized carbons (Fsp3) is 0.0833. The predicted octanol–water partition coefficient (Wildman–Crippen LogP) is 19.1. The summed E-state index contributed by atoms with van der Waals surface area (Å²) in [4.78, 5) is 29.0. The van der Waals surface area contributed by atoms with Crippen molar-refractivity contribution in [3.63, 3.8) is 0 Å². The average molecular weight is 1030 g/mol. The molecule has 0 saturated carbocycles. The number of fused-ring (bicyclic) bond motifs is 4. The Morgan fingerprint density at radius 2 is 0.700 bits per heavy atom. The van der Waals surface area contributed by atoms with Crippen molar-refractivity contribution in [3.8, 4) is 73.6 Å². The molecular weight excluding hydrogens is 977 g/mol. The molecule has 0 unspecified atom stereocenters. The summed E-state index contributed by atoms with van der Waals surface area (Å²) in [5, 5.41) is 9.92. The highest BCUT2D eigenvalue weighted by atomic mass is 15.2. The minimum Gasteiger partial charge on any atom is -0.309 e. The van der Waals surface area contributed by atoms with Gasteiger partial charge in [0.2, 0.25) is 0 Å². The molecule has 80 heavy (non-hydrogen) atoms. The Hall–Kier alpha value is -10.7. The normalized spacial score (nSPS) is 13.4. The zero-order valence-corrected chi connectivity index (χ0v) is 44.5. The number of para-hydroxylation sites is 4. The lowest BCUT2D eigenvalue weighted by Gasteiger charge is -2.42. The van der Waals surface area contributed by atoms with Crippen LogP contribution in [0.1, 0.15) is 55.5 Å². The molecule has 0 bridgehead atoms. The monoisotopic (exact) mass is 1030 g/mol. The summed E-state index contributed by atoms with van der Waals surface area (Å²) in [6, 6.07) is 80.9.